The first kappa shape index (κ1) is 15.5. The van der Waals surface area contributed by atoms with Gasteiger partial charge in [-0.2, -0.15) is 0 Å². The average molecular weight is 265 g/mol. The molecule has 0 aliphatic heterocycles. The van der Waals surface area contributed by atoms with E-state index in [9.17, 15) is 10.2 Å². The molecule has 5 nitrogen and oxygen atoms in total. The van der Waals surface area contributed by atoms with Crippen molar-refractivity contribution in [1.82, 2.24) is 5.32 Å². The van der Waals surface area contributed by atoms with Gasteiger partial charge >= 0.3 is 0 Å². The van der Waals surface area contributed by atoms with Crippen molar-refractivity contribution in [2.45, 2.75) is 38.3 Å². The van der Waals surface area contributed by atoms with Gasteiger partial charge in [-0.1, -0.05) is 24.6 Å². The summed E-state index contributed by atoms with van der Waals surface area (Å²) in [7, 11) is 0. The molecule has 1 rings (SSSR count). The van der Waals surface area contributed by atoms with Crippen molar-refractivity contribution in [3.8, 4) is 5.75 Å². The Balaban J connectivity index is 2.35. The molecule has 6 N–H and O–H groups in total. The maximum absolute atomic E-state index is 10.1. The Kier molecular flexibility index (Phi) is 6.32. The van der Waals surface area contributed by atoms with Crippen LogP contribution in [0.3, 0.4) is 0 Å². The summed E-state index contributed by atoms with van der Waals surface area (Å²) in [5.74, 6) is 0.532. The van der Waals surface area contributed by atoms with Gasteiger partial charge in [0, 0.05) is 18.2 Å². The van der Waals surface area contributed by atoms with Gasteiger partial charge in [-0.25, -0.2) is 0 Å². The first-order chi connectivity index (χ1) is 9.02. The van der Waals surface area contributed by atoms with Gasteiger partial charge in [-0.15, -0.1) is 0 Å². The zero-order valence-electron chi connectivity index (χ0n) is 11.3. The second kappa shape index (κ2) is 7.76. The van der Waals surface area contributed by atoms with Crippen LogP contribution >= 0.6 is 0 Å². The number of phenols is 1. The first-order valence-corrected chi connectivity index (χ1v) is 6.53. The molecule has 0 heterocycles. The Morgan fingerprint density at radius 2 is 2.05 bits per heavy atom. The molecule has 0 aromatic heterocycles. The third-order valence-corrected chi connectivity index (χ3v) is 3.02. The second-order valence-electron chi connectivity index (χ2n) is 4.72. The van der Waals surface area contributed by atoms with Crippen molar-refractivity contribution in [3.05, 3.63) is 29.8 Å². The number of aliphatic hydroxyl groups is 1. The minimum atomic E-state index is -0.848. The lowest BCUT2D eigenvalue weighted by molar-refractivity contribution is 0.137. The Labute approximate surface area is 114 Å². The Morgan fingerprint density at radius 3 is 2.68 bits per heavy atom. The van der Waals surface area contributed by atoms with Gasteiger partial charge in [-0.3, -0.25) is 5.41 Å². The highest BCUT2D eigenvalue weighted by atomic mass is 16.3. The van der Waals surface area contributed by atoms with E-state index in [-0.39, 0.29) is 5.75 Å². The van der Waals surface area contributed by atoms with E-state index in [0.29, 0.717) is 17.8 Å². The normalized spacial score (nSPS) is 13.8. The number of nitrogens with two attached hydrogens (primary N) is 1. The number of nitrogens with one attached hydrogen (secondary N) is 2. The van der Waals surface area contributed by atoms with E-state index in [1.807, 2.05) is 0 Å². The fourth-order valence-electron chi connectivity index (χ4n) is 1.91. The van der Waals surface area contributed by atoms with E-state index in [0.717, 1.165) is 19.4 Å². The Hall–Kier alpha value is -1.59. The van der Waals surface area contributed by atoms with E-state index < -0.39 is 12.1 Å². The van der Waals surface area contributed by atoms with Crippen molar-refractivity contribution in [2.75, 3.05) is 6.54 Å². The molecular weight excluding hydrogens is 242 g/mol. The standard InChI is InChI=1S/C14H23N3O2/c1-10(15)17-9-5-4-7-12(16)14(19)11-6-2-3-8-13(11)18/h2-3,6,8,12,14,18-19H,4-5,7,9,16H2,1H3,(H2,15,17)/t12-,14?/m0/s1. The monoisotopic (exact) mass is 265 g/mol. The molecule has 0 spiro atoms. The average Bonchev–Trinajstić information content (AvgIpc) is 2.37. The van der Waals surface area contributed by atoms with Gasteiger partial charge in [0.25, 0.3) is 0 Å². The van der Waals surface area contributed by atoms with Gasteiger partial charge in [0.2, 0.25) is 0 Å². The second-order valence-corrected chi connectivity index (χ2v) is 4.72. The number of phenolic OH excluding ortho intramolecular Hbond substituents is 1. The van der Waals surface area contributed by atoms with Crippen LogP contribution in [0.15, 0.2) is 24.3 Å². The largest absolute Gasteiger partial charge is 0.508 e. The molecule has 2 atom stereocenters. The third kappa shape index (κ3) is 5.28. The third-order valence-electron chi connectivity index (χ3n) is 3.02. The highest BCUT2D eigenvalue weighted by molar-refractivity contribution is 5.75. The number of hydrogen-bond donors (Lipinski definition) is 5. The van der Waals surface area contributed by atoms with Crippen molar-refractivity contribution in [3.63, 3.8) is 0 Å². The van der Waals surface area contributed by atoms with Gasteiger partial charge < -0.3 is 21.3 Å². The summed E-state index contributed by atoms with van der Waals surface area (Å²) in [5, 5.41) is 29.9. The molecular formula is C14H23N3O2. The predicted octanol–water partition coefficient (Wildman–Crippen LogP) is 1.51. The molecule has 0 radical (unpaired) electrons. The lowest BCUT2D eigenvalue weighted by Gasteiger charge is -2.20. The SMILES string of the molecule is CC(=N)NCCCC[C@H](N)C(O)c1ccccc1O. The van der Waals surface area contributed by atoms with Gasteiger partial charge in [0.1, 0.15) is 5.75 Å². The lowest BCUT2D eigenvalue weighted by atomic mass is 9.98. The van der Waals surface area contributed by atoms with Crippen LogP contribution in [0, 0.1) is 5.41 Å². The Bertz CT molecular complexity index is 409. The van der Waals surface area contributed by atoms with E-state index in [2.05, 4.69) is 5.32 Å². The number of benzene rings is 1. The van der Waals surface area contributed by atoms with Crippen LogP contribution in [0.4, 0.5) is 0 Å². The highest BCUT2D eigenvalue weighted by Crippen LogP contribution is 2.26. The molecule has 5 heteroatoms. The number of para-hydroxylation sites is 1. The van der Waals surface area contributed by atoms with Crippen molar-refractivity contribution in [1.29, 1.82) is 5.41 Å². The number of rotatable bonds is 7. The lowest BCUT2D eigenvalue weighted by Crippen LogP contribution is -2.29. The van der Waals surface area contributed by atoms with Crippen LogP contribution in [0.5, 0.6) is 5.75 Å². The van der Waals surface area contributed by atoms with Gasteiger partial charge in [0.05, 0.1) is 11.9 Å². The highest BCUT2D eigenvalue weighted by Gasteiger charge is 2.19. The molecule has 1 aromatic rings. The molecule has 0 aliphatic rings. The number of hydrogen-bond acceptors (Lipinski definition) is 4. The van der Waals surface area contributed by atoms with Crippen LogP contribution < -0.4 is 11.1 Å². The minimum absolute atomic E-state index is 0.0755. The van der Waals surface area contributed by atoms with Gasteiger partial charge in [-0.05, 0) is 25.8 Å². The summed E-state index contributed by atoms with van der Waals surface area (Å²) < 4.78 is 0. The fraction of sp³-hybridized carbons (Fsp3) is 0.500. The van der Waals surface area contributed by atoms with Gasteiger partial charge in [0.15, 0.2) is 0 Å². The number of unbranched alkanes of at least 4 members (excludes halogenated alkanes) is 1. The molecule has 0 saturated heterocycles. The molecule has 1 unspecified atom stereocenters. The maximum atomic E-state index is 10.1. The molecule has 1 aromatic carbocycles. The zero-order chi connectivity index (χ0) is 14.3. The summed E-state index contributed by atoms with van der Waals surface area (Å²) in [6, 6.07) is 6.31. The van der Waals surface area contributed by atoms with Crippen LogP contribution in [0.2, 0.25) is 0 Å². The number of amidine groups is 1. The van der Waals surface area contributed by atoms with Crippen LogP contribution in [-0.2, 0) is 0 Å². The molecule has 19 heavy (non-hydrogen) atoms. The van der Waals surface area contributed by atoms with E-state index in [4.69, 9.17) is 11.1 Å². The van der Waals surface area contributed by atoms with Crippen molar-refractivity contribution >= 4 is 5.84 Å². The summed E-state index contributed by atoms with van der Waals surface area (Å²) >= 11 is 0. The molecule has 0 fully saturated rings. The van der Waals surface area contributed by atoms with E-state index >= 15 is 0 Å². The quantitative estimate of drug-likeness (QED) is 0.293. The Morgan fingerprint density at radius 1 is 1.37 bits per heavy atom. The molecule has 106 valence electrons. The summed E-state index contributed by atoms with van der Waals surface area (Å²) in [5.41, 5.74) is 6.41. The van der Waals surface area contributed by atoms with Crippen LogP contribution in [-0.4, -0.2) is 28.6 Å². The molecule has 0 saturated carbocycles. The predicted molar refractivity (Wildman–Crippen MR) is 76.3 cm³/mol. The van der Waals surface area contributed by atoms with E-state index in [1.165, 1.54) is 0 Å². The smallest absolute Gasteiger partial charge is 0.121 e. The summed E-state index contributed by atoms with van der Waals surface area (Å²) in [4.78, 5) is 0. The van der Waals surface area contributed by atoms with Crippen molar-refractivity contribution < 1.29 is 10.2 Å². The topological polar surface area (TPSA) is 102 Å². The molecule has 0 aliphatic carbocycles. The first-order valence-electron chi connectivity index (χ1n) is 6.53. The van der Waals surface area contributed by atoms with Crippen LogP contribution in [0.1, 0.15) is 37.9 Å². The number of aliphatic hydroxyl groups excluding tert-OH is 1. The number of aromatic hydroxyl groups is 1. The van der Waals surface area contributed by atoms with Crippen molar-refractivity contribution in [2.24, 2.45) is 5.73 Å². The zero-order valence-corrected chi connectivity index (χ0v) is 11.3. The van der Waals surface area contributed by atoms with E-state index in [1.54, 1.807) is 31.2 Å². The fourth-order valence-corrected chi connectivity index (χ4v) is 1.91. The maximum Gasteiger partial charge on any atom is 0.121 e. The molecule has 0 amide bonds. The van der Waals surface area contributed by atoms with Crippen LogP contribution in [0.25, 0.3) is 0 Å². The molecule has 0 bridgehead atoms. The summed E-state index contributed by atoms with van der Waals surface area (Å²) in [6.45, 7) is 2.45. The minimum Gasteiger partial charge on any atom is -0.508 e. The summed E-state index contributed by atoms with van der Waals surface area (Å²) in [6.07, 6.45) is 1.59.